The fourth-order valence-corrected chi connectivity index (χ4v) is 1.60. The van der Waals surface area contributed by atoms with Gasteiger partial charge in [0, 0.05) is 17.3 Å². The standard InChI is InChI=1S/C7H8N4O4/c12-7(13)9-4-5(11(14)15)6(9)10-3-1-2-8-10/h1-3,5-6H,4H2,(H,12,13). The number of carboxylic acid groups (broad SMARTS) is 1. The summed E-state index contributed by atoms with van der Waals surface area (Å²) in [6.45, 7) is -0.0904. The molecule has 1 aliphatic rings. The highest BCUT2D eigenvalue weighted by molar-refractivity contribution is 5.66. The number of nitrogens with zero attached hydrogens (tertiary/aromatic N) is 4. The number of hydrogen-bond donors (Lipinski definition) is 1. The third kappa shape index (κ3) is 1.39. The van der Waals surface area contributed by atoms with Crippen LogP contribution in [-0.4, -0.2) is 43.4 Å². The van der Waals surface area contributed by atoms with Crippen molar-refractivity contribution in [2.75, 3.05) is 6.54 Å². The molecule has 0 saturated carbocycles. The summed E-state index contributed by atoms with van der Waals surface area (Å²) in [5.74, 6) is 0. The largest absolute Gasteiger partial charge is 0.465 e. The quantitative estimate of drug-likeness (QED) is 0.550. The van der Waals surface area contributed by atoms with Crippen LogP contribution in [0.3, 0.4) is 0 Å². The van der Waals surface area contributed by atoms with Crippen molar-refractivity contribution in [1.29, 1.82) is 0 Å². The van der Waals surface area contributed by atoms with Crippen LogP contribution in [0.5, 0.6) is 0 Å². The molecule has 8 heteroatoms. The Balaban J connectivity index is 2.23. The molecule has 2 atom stereocenters. The van der Waals surface area contributed by atoms with E-state index in [0.717, 1.165) is 4.90 Å². The molecule has 0 aromatic carbocycles. The second kappa shape index (κ2) is 3.23. The number of rotatable bonds is 2. The maximum absolute atomic E-state index is 10.7. The molecule has 8 nitrogen and oxygen atoms in total. The van der Waals surface area contributed by atoms with E-state index in [1.165, 1.54) is 17.1 Å². The first-order chi connectivity index (χ1) is 7.11. The zero-order valence-electron chi connectivity index (χ0n) is 7.55. The van der Waals surface area contributed by atoms with Gasteiger partial charge in [0.25, 0.3) is 6.04 Å². The minimum Gasteiger partial charge on any atom is -0.465 e. The fourth-order valence-electron chi connectivity index (χ4n) is 1.60. The first-order valence-corrected chi connectivity index (χ1v) is 4.23. The second-order valence-corrected chi connectivity index (χ2v) is 3.19. The second-order valence-electron chi connectivity index (χ2n) is 3.19. The van der Waals surface area contributed by atoms with E-state index in [4.69, 9.17) is 5.11 Å². The van der Waals surface area contributed by atoms with Gasteiger partial charge in [0.05, 0.1) is 6.54 Å². The summed E-state index contributed by atoms with van der Waals surface area (Å²) >= 11 is 0. The number of likely N-dealkylation sites (tertiary alicyclic amines) is 1. The third-order valence-electron chi connectivity index (χ3n) is 2.36. The normalized spacial score (nSPS) is 24.7. The molecular formula is C7H8N4O4. The molecule has 2 heterocycles. The average Bonchev–Trinajstić information content (AvgIpc) is 2.53. The summed E-state index contributed by atoms with van der Waals surface area (Å²) in [6.07, 6.45) is 0.965. The van der Waals surface area contributed by atoms with Crippen molar-refractivity contribution < 1.29 is 14.8 Å². The molecule has 1 amide bonds. The van der Waals surface area contributed by atoms with E-state index in [1.54, 1.807) is 6.07 Å². The first-order valence-electron chi connectivity index (χ1n) is 4.23. The number of carbonyl (C=O) groups is 1. The zero-order chi connectivity index (χ0) is 11.0. The molecule has 0 spiro atoms. The van der Waals surface area contributed by atoms with Gasteiger partial charge < -0.3 is 5.11 Å². The lowest BCUT2D eigenvalue weighted by Crippen LogP contribution is -2.61. The molecule has 1 N–H and O–H groups in total. The molecular weight excluding hydrogens is 204 g/mol. The first kappa shape index (κ1) is 9.44. The highest BCUT2D eigenvalue weighted by Crippen LogP contribution is 2.29. The SMILES string of the molecule is O=C(O)N1CC([N+](=O)[O-])C1n1cccn1. The molecule has 0 aliphatic carbocycles. The minimum atomic E-state index is -1.17. The topological polar surface area (TPSA) is 101 Å². The van der Waals surface area contributed by atoms with Gasteiger partial charge in [-0.05, 0) is 6.07 Å². The van der Waals surface area contributed by atoms with Crippen molar-refractivity contribution in [3.05, 3.63) is 28.6 Å². The Kier molecular flexibility index (Phi) is 2.03. The van der Waals surface area contributed by atoms with E-state index >= 15 is 0 Å². The Hall–Kier alpha value is -2.12. The van der Waals surface area contributed by atoms with Crippen LogP contribution in [0.1, 0.15) is 6.17 Å². The predicted molar refractivity (Wildman–Crippen MR) is 46.8 cm³/mol. The monoisotopic (exact) mass is 212 g/mol. The van der Waals surface area contributed by atoms with Gasteiger partial charge in [0.15, 0.2) is 6.17 Å². The van der Waals surface area contributed by atoms with E-state index in [-0.39, 0.29) is 6.54 Å². The Morgan fingerprint density at radius 3 is 2.87 bits per heavy atom. The van der Waals surface area contributed by atoms with Gasteiger partial charge in [0.1, 0.15) is 0 Å². The van der Waals surface area contributed by atoms with Gasteiger partial charge in [-0.2, -0.15) is 5.10 Å². The predicted octanol–water partition coefficient (Wildman–Crippen LogP) is 0.0206. The number of amides is 1. The maximum Gasteiger partial charge on any atom is 0.409 e. The molecule has 2 rings (SSSR count). The summed E-state index contributed by atoms with van der Waals surface area (Å²) < 4.78 is 1.28. The van der Waals surface area contributed by atoms with E-state index in [1.807, 2.05) is 0 Å². The van der Waals surface area contributed by atoms with Crippen LogP contribution in [0.25, 0.3) is 0 Å². The molecule has 1 fully saturated rings. The van der Waals surface area contributed by atoms with Crippen molar-refractivity contribution in [2.24, 2.45) is 0 Å². The lowest BCUT2D eigenvalue weighted by Gasteiger charge is -2.39. The van der Waals surface area contributed by atoms with E-state index in [2.05, 4.69) is 5.10 Å². The Morgan fingerprint density at radius 2 is 2.40 bits per heavy atom. The van der Waals surface area contributed by atoms with E-state index in [9.17, 15) is 14.9 Å². The highest BCUT2D eigenvalue weighted by atomic mass is 16.6. The number of aromatic nitrogens is 2. The molecule has 0 bridgehead atoms. The summed E-state index contributed by atoms with van der Waals surface area (Å²) in [5.41, 5.74) is 0. The summed E-state index contributed by atoms with van der Waals surface area (Å²) in [6, 6.07) is 0.677. The minimum absolute atomic E-state index is 0.0904. The van der Waals surface area contributed by atoms with Gasteiger partial charge in [-0.1, -0.05) is 0 Å². The Morgan fingerprint density at radius 1 is 1.67 bits per heavy atom. The van der Waals surface area contributed by atoms with Gasteiger partial charge >= 0.3 is 6.09 Å². The number of hydrogen-bond acceptors (Lipinski definition) is 4. The molecule has 2 unspecified atom stereocenters. The molecule has 1 aromatic rings. The van der Waals surface area contributed by atoms with Gasteiger partial charge in [-0.25, -0.2) is 9.48 Å². The van der Waals surface area contributed by atoms with Crippen LogP contribution >= 0.6 is 0 Å². The smallest absolute Gasteiger partial charge is 0.409 e. The van der Waals surface area contributed by atoms with Crippen LogP contribution < -0.4 is 0 Å². The Bertz CT molecular complexity index is 370. The van der Waals surface area contributed by atoms with Gasteiger partial charge in [-0.3, -0.25) is 15.0 Å². The lowest BCUT2D eigenvalue weighted by molar-refractivity contribution is -0.554. The lowest BCUT2D eigenvalue weighted by atomic mass is 10.1. The third-order valence-corrected chi connectivity index (χ3v) is 2.36. The van der Waals surface area contributed by atoms with Crippen LogP contribution in [0.2, 0.25) is 0 Å². The fraction of sp³-hybridized carbons (Fsp3) is 0.429. The molecule has 1 aromatic heterocycles. The van der Waals surface area contributed by atoms with Crippen molar-refractivity contribution in [3.8, 4) is 0 Å². The summed E-state index contributed by atoms with van der Waals surface area (Å²) in [5, 5.41) is 23.2. The van der Waals surface area contributed by atoms with Gasteiger partial charge in [-0.15, -0.1) is 0 Å². The van der Waals surface area contributed by atoms with Crippen molar-refractivity contribution in [2.45, 2.75) is 12.2 Å². The molecule has 1 aliphatic heterocycles. The summed E-state index contributed by atoms with van der Waals surface area (Å²) in [4.78, 5) is 21.8. The van der Waals surface area contributed by atoms with Gasteiger partial charge in [0.2, 0.25) is 0 Å². The van der Waals surface area contributed by atoms with Crippen LogP contribution in [-0.2, 0) is 0 Å². The van der Waals surface area contributed by atoms with Crippen LogP contribution in [0, 0.1) is 10.1 Å². The van der Waals surface area contributed by atoms with E-state index in [0.29, 0.717) is 0 Å². The van der Waals surface area contributed by atoms with Crippen LogP contribution in [0.15, 0.2) is 18.5 Å². The van der Waals surface area contributed by atoms with Crippen LogP contribution in [0.4, 0.5) is 4.79 Å². The molecule has 1 saturated heterocycles. The molecule has 0 radical (unpaired) electrons. The zero-order valence-corrected chi connectivity index (χ0v) is 7.55. The Labute approximate surface area is 83.9 Å². The number of nitro groups is 1. The van der Waals surface area contributed by atoms with E-state index < -0.39 is 23.2 Å². The maximum atomic E-state index is 10.7. The highest BCUT2D eigenvalue weighted by Gasteiger charge is 2.52. The van der Waals surface area contributed by atoms with Crippen molar-refractivity contribution in [3.63, 3.8) is 0 Å². The summed E-state index contributed by atoms with van der Waals surface area (Å²) in [7, 11) is 0. The van der Waals surface area contributed by atoms with Crippen molar-refractivity contribution >= 4 is 6.09 Å². The molecule has 80 valence electrons. The van der Waals surface area contributed by atoms with Crippen molar-refractivity contribution in [1.82, 2.24) is 14.7 Å². The molecule has 15 heavy (non-hydrogen) atoms. The average molecular weight is 212 g/mol.